The van der Waals surface area contributed by atoms with Crippen molar-refractivity contribution in [1.82, 2.24) is 5.32 Å². The Balaban J connectivity index is 2.61. The van der Waals surface area contributed by atoms with Gasteiger partial charge in [0, 0.05) is 6.54 Å². The average Bonchev–Trinajstić information content (AvgIpc) is 2.28. The Labute approximate surface area is 104 Å². The third kappa shape index (κ3) is 4.43. The fourth-order valence-corrected chi connectivity index (χ4v) is 1.60. The molecule has 0 spiro atoms. The van der Waals surface area contributed by atoms with E-state index in [0.29, 0.717) is 6.54 Å². The number of hydrogen-bond donors (Lipinski definition) is 1. The fraction of sp³-hybridized carbons (Fsp3) is 0.400. The van der Waals surface area contributed by atoms with Crippen molar-refractivity contribution in [2.75, 3.05) is 6.54 Å². The molecule has 0 atom stereocenters. The van der Waals surface area contributed by atoms with Gasteiger partial charge in [-0.3, -0.25) is 4.79 Å². The first-order valence-electron chi connectivity index (χ1n) is 5.93. The van der Waals surface area contributed by atoms with Crippen molar-refractivity contribution in [3.8, 4) is 0 Å². The number of carbonyl (C=O) groups excluding carboxylic acids is 1. The third-order valence-electron chi connectivity index (χ3n) is 2.69. The zero-order valence-corrected chi connectivity index (χ0v) is 10.9. The van der Waals surface area contributed by atoms with Crippen LogP contribution < -0.4 is 5.32 Å². The van der Waals surface area contributed by atoms with Crippen LogP contribution in [-0.4, -0.2) is 12.5 Å². The molecule has 0 saturated heterocycles. The summed E-state index contributed by atoms with van der Waals surface area (Å²) in [5, 5.41) is 2.78. The van der Waals surface area contributed by atoms with Crippen molar-refractivity contribution < 1.29 is 4.79 Å². The Morgan fingerprint density at radius 3 is 2.71 bits per heavy atom. The minimum Gasteiger partial charge on any atom is -0.352 e. The van der Waals surface area contributed by atoms with E-state index in [0.717, 1.165) is 6.42 Å². The van der Waals surface area contributed by atoms with E-state index in [1.165, 1.54) is 17.2 Å². The number of benzene rings is 1. The van der Waals surface area contributed by atoms with Gasteiger partial charge in [-0.25, -0.2) is 0 Å². The SMILES string of the molecule is C=CC(=O)NCCc1cccc(C(C)(C)C)c1. The second-order valence-electron chi connectivity index (χ2n) is 5.20. The average molecular weight is 231 g/mol. The van der Waals surface area contributed by atoms with Crippen molar-refractivity contribution in [2.45, 2.75) is 32.6 Å². The molecule has 1 rings (SSSR count). The van der Waals surface area contributed by atoms with Gasteiger partial charge in [0.15, 0.2) is 0 Å². The molecule has 0 aliphatic rings. The summed E-state index contributed by atoms with van der Waals surface area (Å²) in [5.74, 6) is -0.114. The number of nitrogens with one attached hydrogen (secondary N) is 1. The topological polar surface area (TPSA) is 29.1 Å². The second kappa shape index (κ2) is 5.67. The van der Waals surface area contributed by atoms with Gasteiger partial charge >= 0.3 is 0 Å². The van der Waals surface area contributed by atoms with Gasteiger partial charge in [0.2, 0.25) is 5.91 Å². The Morgan fingerprint density at radius 2 is 2.12 bits per heavy atom. The van der Waals surface area contributed by atoms with Crippen molar-refractivity contribution in [2.24, 2.45) is 0 Å². The molecule has 0 aliphatic heterocycles. The van der Waals surface area contributed by atoms with Gasteiger partial charge in [0.1, 0.15) is 0 Å². The molecule has 1 aromatic carbocycles. The minimum absolute atomic E-state index is 0.114. The molecule has 0 aliphatic carbocycles. The lowest BCUT2D eigenvalue weighted by molar-refractivity contribution is -0.116. The zero-order chi connectivity index (χ0) is 12.9. The second-order valence-corrected chi connectivity index (χ2v) is 5.20. The van der Waals surface area contributed by atoms with Crippen LogP contribution in [0.15, 0.2) is 36.9 Å². The molecular formula is C15H21NO. The number of rotatable bonds is 4. The highest BCUT2D eigenvalue weighted by atomic mass is 16.1. The molecule has 92 valence electrons. The molecule has 0 heterocycles. The Hall–Kier alpha value is -1.57. The molecular weight excluding hydrogens is 210 g/mol. The predicted octanol–water partition coefficient (Wildman–Crippen LogP) is 2.83. The third-order valence-corrected chi connectivity index (χ3v) is 2.69. The normalized spacial score (nSPS) is 11.0. The zero-order valence-electron chi connectivity index (χ0n) is 10.9. The van der Waals surface area contributed by atoms with Crippen LogP contribution >= 0.6 is 0 Å². The summed E-state index contributed by atoms with van der Waals surface area (Å²) in [7, 11) is 0. The van der Waals surface area contributed by atoms with Crippen molar-refractivity contribution in [3.05, 3.63) is 48.0 Å². The summed E-state index contributed by atoms with van der Waals surface area (Å²) in [5.41, 5.74) is 2.74. The summed E-state index contributed by atoms with van der Waals surface area (Å²) < 4.78 is 0. The molecule has 1 N–H and O–H groups in total. The molecule has 1 aromatic rings. The molecule has 0 saturated carbocycles. The highest BCUT2D eigenvalue weighted by molar-refractivity contribution is 5.86. The standard InChI is InChI=1S/C15H21NO/c1-5-14(17)16-10-9-12-7-6-8-13(11-12)15(2,3)4/h5-8,11H,1,9-10H2,2-4H3,(H,16,17). The lowest BCUT2D eigenvalue weighted by atomic mass is 9.86. The van der Waals surface area contributed by atoms with E-state index in [4.69, 9.17) is 0 Å². The van der Waals surface area contributed by atoms with Gasteiger partial charge in [0.25, 0.3) is 0 Å². The first-order valence-corrected chi connectivity index (χ1v) is 5.93. The summed E-state index contributed by atoms with van der Waals surface area (Å²) >= 11 is 0. The predicted molar refractivity (Wildman–Crippen MR) is 72.1 cm³/mol. The first kappa shape index (κ1) is 13.5. The Morgan fingerprint density at radius 1 is 1.41 bits per heavy atom. The van der Waals surface area contributed by atoms with Crippen molar-refractivity contribution >= 4 is 5.91 Å². The van der Waals surface area contributed by atoms with Crippen LogP contribution in [0.4, 0.5) is 0 Å². The van der Waals surface area contributed by atoms with Crippen LogP contribution in [0.25, 0.3) is 0 Å². The quantitative estimate of drug-likeness (QED) is 0.793. The highest BCUT2D eigenvalue weighted by Crippen LogP contribution is 2.22. The highest BCUT2D eigenvalue weighted by Gasteiger charge is 2.13. The molecule has 2 heteroatoms. The maximum atomic E-state index is 11.0. The molecule has 0 unspecified atom stereocenters. The first-order chi connectivity index (χ1) is 7.93. The molecule has 1 amide bonds. The molecule has 0 bridgehead atoms. The monoisotopic (exact) mass is 231 g/mol. The van der Waals surface area contributed by atoms with Crippen LogP contribution in [0.5, 0.6) is 0 Å². The van der Waals surface area contributed by atoms with Crippen molar-refractivity contribution in [1.29, 1.82) is 0 Å². The van der Waals surface area contributed by atoms with Crippen LogP contribution in [0.2, 0.25) is 0 Å². The molecule has 0 aromatic heterocycles. The summed E-state index contributed by atoms with van der Waals surface area (Å²) in [4.78, 5) is 11.0. The number of carbonyl (C=O) groups is 1. The van der Waals surface area contributed by atoms with Gasteiger partial charge in [0.05, 0.1) is 0 Å². The van der Waals surface area contributed by atoms with Crippen molar-refractivity contribution in [3.63, 3.8) is 0 Å². The van der Waals surface area contributed by atoms with Gasteiger partial charge < -0.3 is 5.32 Å². The maximum Gasteiger partial charge on any atom is 0.243 e. The van der Waals surface area contributed by atoms with E-state index in [1.807, 2.05) is 0 Å². The molecule has 0 fully saturated rings. The minimum atomic E-state index is -0.114. The van der Waals surface area contributed by atoms with Crippen LogP contribution in [0, 0.1) is 0 Å². The molecule has 0 radical (unpaired) electrons. The van der Waals surface area contributed by atoms with E-state index in [1.54, 1.807) is 0 Å². The lowest BCUT2D eigenvalue weighted by Gasteiger charge is -2.19. The van der Waals surface area contributed by atoms with Gasteiger partial charge in [-0.1, -0.05) is 51.6 Å². The number of hydrogen-bond acceptors (Lipinski definition) is 1. The fourth-order valence-electron chi connectivity index (χ4n) is 1.60. The molecule has 2 nitrogen and oxygen atoms in total. The van der Waals surface area contributed by atoms with E-state index >= 15 is 0 Å². The Bertz CT molecular complexity index is 402. The lowest BCUT2D eigenvalue weighted by Crippen LogP contribution is -2.23. The van der Waals surface area contributed by atoms with Crippen LogP contribution in [0.3, 0.4) is 0 Å². The van der Waals surface area contributed by atoms with E-state index < -0.39 is 0 Å². The molecule has 17 heavy (non-hydrogen) atoms. The smallest absolute Gasteiger partial charge is 0.243 e. The number of amides is 1. The maximum absolute atomic E-state index is 11.0. The van der Waals surface area contributed by atoms with E-state index in [-0.39, 0.29) is 11.3 Å². The summed E-state index contributed by atoms with van der Waals surface area (Å²) in [6, 6.07) is 8.52. The largest absolute Gasteiger partial charge is 0.352 e. The summed E-state index contributed by atoms with van der Waals surface area (Å²) in [6.07, 6.45) is 2.15. The van der Waals surface area contributed by atoms with E-state index in [2.05, 4.69) is 56.9 Å². The van der Waals surface area contributed by atoms with Gasteiger partial charge in [-0.15, -0.1) is 0 Å². The van der Waals surface area contributed by atoms with E-state index in [9.17, 15) is 4.79 Å². The summed E-state index contributed by atoms with van der Waals surface area (Å²) in [6.45, 7) is 10.7. The van der Waals surface area contributed by atoms with Gasteiger partial charge in [-0.2, -0.15) is 0 Å². The van der Waals surface area contributed by atoms with Crippen LogP contribution in [-0.2, 0) is 16.6 Å². The Kier molecular flexibility index (Phi) is 4.50. The van der Waals surface area contributed by atoms with Gasteiger partial charge in [-0.05, 0) is 29.0 Å². The van der Waals surface area contributed by atoms with Crippen LogP contribution in [0.1, 0.15) is 31.9 Å².